The number of carboxylic acid groups (broad SMARTS) is 1. The van der Waals surface area contributed by atoms with Crippen LogP contribution in [0.2, 0.25) is 5.02 Å². The van der Waals surface area contributed by atoms with E-state index < -0.39 is 5.97 Å². The number of para-hydroxylation sites is 2. The fourth-order valence-corrected chi connectivity index (χ4v) is 4.74. The van der Waals surface area contributed by atoms with E-state index >= 15 is 0 Å². The molecular formula is C30H24ClN3O3. The van der Waals surface area contributed by atoms with Gasteiger partial charge in [-0.3, -0.25) is 9.78 Å². The second kappa shape index (κ2) is 10.4. The Bertz CT molecular complexity index is 1580. The second-order valence-corrected chi connectivity index (χ2v) is 9.28. The number of Topliss-reactive ketones (excluding diaryl/α,β-unsaturated/α-hetero) is 1. The van der Waals surface area contributed by atoms with Crippen LogP contribution in [0.15, 0.2) is 85.1 Å². The Balaban J connectivity index is 1.55. The summed E-state index contributed by atoms with van der Waals surface area (Å²) in [4.78, 5) is 37.9. The molecule has 0 aliphatic heterocycles. The van der Waals surface area contributed by atoms with Crippen molar-refractivity contribution < 1.29 is 14.7 Å². The van der Waals surface area contributed by atoms with E-state index in [0.29, 0.717) is 33.1 Å². The number of H-pyrrole nitrogens is 1. The summed E-state index contributed by atoms with van der Waals surface area (Å²) in [5.74, 6) is -0.702. The smallest absolute Gasteiger partial charge is 0.336 e. The monoisotopic (exact) mass is 509 g/mol. The molecule has 0 amide bonds. The summed E-state index contributed by atoms with van der Waals surface area (Å²) in [5, 5.41) is 10.6. The minimum absolute atomic E-state index is 0.0244. The van der Waals surface area contributed by atoms with Gasteiger partial charge in [0.1, 0.15) is 5.82 Å². The molecule has 37 heavy (non-hydrogen) atoms. The van der Waals surface area contributed by atoms with Crippen molar-refractivity contribution in [2.75, 3.05) is 0 Å². The number of ketones is 1. The zero-order valence-electron chi connectivity index (χ0n) is 20.1. The number of hydrogen-bond acceptors (Lipinski definition) is 4. The van der Waals surface area contributed by atoms with Gasteiger partial charge in [-0.05, 0) is 66.1 Å². The number of hydrogen-bond donors (Lipinski definition) is 2. The molecule has 0 aliphatic rings. The summed E-state index contributed by atoms with van der Waals surface area (Å²) in [6, 6.07) is 23.4. The Kier molecular flexibility index (Phi) is 6.84. The number of carbonyl (C=O) groups is 2. The van der Waals surface area contributed by atoms with Crippen molar-refractivity contribution in [3.05, 3.63) is 107 Å². The van der Waals surface area contributed by atoms with Crippen molar-refractivity contribution in [3.8, 4) is 22.5 Å². The van der Waals surface area contributed by atoms with Crippen LogP contribution < -0.4 is 0 Å². The van der Waals surface area contributed by atoms with Gasteiger partial charge in [0.05, 0.1) is 16.6 Å². The van der Waals surface area contributed by atoms with Gasteiger partial charge in [0, 0.05) is 40.4 Å². The highest BCUT2D eigenvalue weighted by molar-refractivity contribution is 6.31. The molecule has 6 nitrogen and oxygen atoms in total. The zero-order valence-corrected chi connectivity index (χ0v) is 20.9. The summed E-state index contributed by atoms with van der Waals surface area (Å²) in [6.45, 7) is 2.01. The van der Waals surface area contributed by atoms with Gasteiger partial charge >= 0.3 is 5.97 Å². The van der Waals surface area contributed by atoms with Gasteiger partial charge in [-0.25, -0.2) is 9.78 Å². The Morgan fingerprint density at radius 2 is 1.73 bits per heavy atom. The van der Waals surface area contributed by atoms with E-state index in [1.807, 2.05) is 55.5 Å². The fraction of sp³-hybridized carbons (Fsp3) is 0.133. The van der Waals surface area contributed by atoms with Crippen LogP contribution in [-0.4, -0.2) is 31.8 Å². The molecule has 1 atom stereocenters. The number of aromatic amines is 1. The van der Waals surface area contributed by atoms with E-state index in [1.54, 1.807) is 30.5 Å². The third-order valence-electron chi connectivity index (χ3n) is 6.52. The Hall–Kier alpha value is -4.29. The van der Waals surface area contributed by atoms with E-state index in [0.717, 1.165) is 23.1 Å². The molecule has 0 aliphatic carbocycles. The van der Waals surface area contributed by atoms with E-state index in [2.05, 4.69) is 15.0 Å². The molecule has 5 aromatic rings. The van der Waals surface area contributed by atoms with Crippen molar-refractivity contribution in [2.24, 2.45) is 0 Å². The maximum absolute atomic E-state index is 13.2. The molecule has 2 heterocycles. The van der Waals surface area contributed by atoms with Crippen molar-refractivity contribution in [1.82, 2.24) is 15.0 Å². The lowest BCUT2D eigenvalue weighted by Gasteiger charge is -2.15. The lowest BCUT2D eigenvalue weighted by atomic mass is 9.89. The van der Waals surface area contributed by atoms with Crippen LogP contribution in [0.25, 0.3) is 33.5 Å². The fourth-order valence-electron chi connectivity index (χ4n) is 4.57. The summed E-state index contributed by atoms with van der Waals surface area (Å²) >= 11 is 6.34. The molecule has 1 unspecified atom stereocenters. The van der Waals surface area contributed by atoms with Crippen LogP contribution in [0.1, 0.15) is 52.1 Å². The highest BCUT2D eigenvalue weighted by atomic mass is 35.5. The first kappa shape index (κ1) is 24.4. The maximum atomic E-state index is 13.2. The quantitative estimate of drug-likeness (QED) is 0.212. The molecule has 0 bridgehead atoms. The normalized spacial score (nSPS) is 11.9. The van der Waals surface area contributed by atoms with Gasteiger partial charge in [0.2, 0.25) is 0 Å². The lowest BCUT2D eigenvalue weighted by Crippen LogP contribution is -2.10. The lowest BCUT2D eigenvalue weighted by molar-refractivity contribution is 0.0697. The van der Waals surface area contributed by atoms with Gasteiger partial charge in [-0.1, -0.05) is 48.9 Å². The van der Waals surface area contributed by atoms with Gasteiger partial charge in [-0.2, -0.15) is 0 Å². The Morgan fingerprint density at radius 3 is 2.46 bits per heavy atom. The van der Waals surface area contributed by atoms with Crippen LogP contribution >= 0.6 is 11.6 Å². The number of halogens is 1. The number of aromatic carboxylic acids is 1. The first-order valence-corrected chi connectivity index (χ1v) is 12.4. The molecule has 2 N–H and O–H groups in total. The highest BCUT2D eigenvalue weighted by Crippen LogP contribution is 2.36. The minimum atomic E-state index is -1.13. The standard InChI is InChI=1S/C30H24ClN3O3/c1-2-18(25-7-5-6-14-32-25)16-28(35)19-10-12-21(24(15-19)30(36)37)23-17-20(31)11-13-22(23)29-33-26-8-3-4-9-27(26)34-29/h3-15,17-18H,2,16H2,1H3,(H,33,34)(H,36,37). The number of rotatable bonds is 8. The molecule has 0 saturated heterocycles. The second-order valence-electron chi connectivity index (χ2n) is 8.85. The van der Waals surface area contributed by atoms with E-state index in [1.165, 1.54) is 6.07 Å². The van der Waals surface area contributed by atoms with Gasteiger partial charge < -0.3 is 10.1 Å². The number of fused-ring (bicyclic) bond motifs is 1. The first-order chi connectivity index (χ1) is 17.9. The number of carboxylic acids is 1. The molecular weight excluding hydrogens is 486 g/mol. The van der Waals surface area contributed by atoms with E-state index in [4.69, 9.17) is 11.6 Å². The summed E-state index contributed by atoms with van der Waals surface area (Å²) < 4.78 is 0. The molecule has 0 saturated carbocycles. The number of aromatic nitrogens is 3. The van der Waals surface area contributed by atoms with Crippen LogP contribution in [0.5, 0.6) is 0 Å². The molecule has 7 heteroatoms. The van der Waals surface area contributed by atoms with Crippen molar-refractivity contribution >= 4 is 34.4 Å². The molecule has 3 aromatic carbocycles. The summed E-state index contributed by atoms with van der Waals surface area (Å²) in [5.41, 5.74) is 4.68. The predicted octanol–water partition coefficient (Wildman–Crippen LogP) is 7.41. The third-order valence-corrected chi connectivity index (χ3v) is 6.75. The number of carbonyl (C=O) groups excluding carboxylic acids is 1. The molecule has 0 fully saturated rings. The molecule has 2 aromatic heterocycles. The Morgan fingerprint density at radius 1 is 0.946 bits per heavy atom. The average molecular weight is 510 g/mol. The average Bonchev–Trinajstić information content (AvgIpc) is 3.35. The van der Waals surface area contributed by atoms with E-state index in [-0.39, 0.29) is 23.7 Å². The summed E-state index contributed by atoms with van der Waals surface area (Å²) in [7, 11) is 0. The number of imidazole rings is 1. The molecule has 184 valence electrons. The largest absolute Gasteiger partial charge is 0.478 e. The number of nitrogens with one attached hydrogen (secondary N) is 1. The molecule has 0 spiro atoms. The topological polar surface area (TPSA) is 95.9 Å². The van der Waals surface area contributed by atoms with Crippen molar-refractivity contribution in [2.45, 2.75) is 25.7 Å². The van der Waals surface area contributed by atoms with Crippen molar-refractivity contribution in [3.63, 3.8) is 0 Å². The molecule has 0 radical (unpaired) electrons. The SMILES string of the molecule is CCC(CC(=O)c1ccc(-c2cc(Cl)ccc2-c2nc3ccccc3[nH]2)c(C(=O)O)c1)c1ccccn1. The predicted molar refractivity (Wildman–Crippen MR) is 145 cm³/mol. The van der Waals surface area contributed by atoms with Crippen LogP contribution in [-0.2, 0) is 0 Å². The third kappa shape index (κ3) is 5.01. The molecule has 5 rings (SSSR count). The number of benzene rings is 3. The van der Waals surface area contributed by atoms with Crippen LogP contribution in [0.3, 0.4) is 0 Å². The van der Waals surface area contributed by atoms with Crippen molar-refractivity contribution in [1.29, 1.82) is 0 Å². The zero-order chi connectivity index (χ0) is 25.9. The first-order valence-electron chi connectivity index (χ1n) is 12.0. The van der Waals surface area contributed by atoms with Gasteiger partial charge in [0.15, 0.2) is 5.78 Å². The number of pyridine rings is 1. The highest BCUT2D eigenvalue weighted by Gasteiger charge is 2.22. The van der Waals surface area contributed by atoms with Gasteiger partial charge in [-0.15, -0.1) is 0 Å². The van der Waals surface area contributed by atoms with Crippen LogP contribution in [0, 0.1) is 0 Å². The maximum Gasteiger partial charge on any atom is 0.336 e. The minimum Gasteiger partial charge on any atom is -0.478 e. The number of nitrogens with zero attached hydrogens (tertiary/aromatic N) is 2. The van der Waals surface area contributed by atoms with E-state index in [9.17, 15) is 14.7 Å². The van der Waals surface area contributed by atoms with Gasteiger partial charge in [0.25, 0.3) is 0 Å². The van der Waals surface area contributed by atoms with Crippen LogP contribution in [0.4, 0.5) is 0 Å². The Labute approximate surface area is 219 Å². The summed E-state index contributed by atoms with van der Waals surface area (Å²) in [6.07, 6.45) is 2.70.